The first-order chi connectivity index (χ1) is 7.72. The van der Waals surface area contributed by atoms with Crippen molar-refractivity contribution in [1.29, 1.82) is 0 Å². The Morgan fingerprint density at radius 2 is 1.59 bits per heavy atom. The summed E-state index contributed by atoms with van der Waals surface area (Å²) in [4.78, 5) is 33.4. The van der Waals surface area contributed by atoms with Crippen LogP contribution < -0.4 is 10.6 Å². The van der Waals surface area contributed by atoms with E-state index in [2.05, 4.69) is 14.8 Å². The molecule has 0 aliphatic heterocycles. The average molecular weight is 248 g/mol. The molecule has 98 valence electrons. The van der Waals surface area contributed by atoms with Gasteiger partial charge in [0.05, 0.1) is 19.8 Å². The topological polar surface area (TPSA) is 114 Å². The molecule has 8 nitrogen and oxygen atoms in total. The van der Waals surface area contributed by atoms with Crippen molar-refractivity contribution in [2.45, 2.75) is 25.5 Å². The molecule has 0 radical (unpaired) electrons. The van der Waals surface area contributed by atoms with Gasteiger partial charge in [0.15, 0.2) is 0 Å². The molecule has 1 atom stereocenters. The lowest BCUT2D eigenvalue weighted by Gasteiger charge is -2.27. The number of ether oxygens (including phenoxy) is 2. The molecule has 0 heterocycles. The summed E-state index contributed by atoms with van der Waals surface area (Å²) in [6, 6.07) is -1.35. The molecule has 0 aromatic heterocycles. The summed E-state index contributed by atoms with van der Waals surface area (Å²) in [5.41, 5.74) is -1.58. The highest BCUT2D eigenvalue weighted by Crippen LogP contribution is 2.09. The maximum absolute atomic E-state index is 11.6. The third-order valence-electron chi connectivity index (χ3n) is 1.83. The van der Waals surface area contributed by atoms with Crippen LogP contribution in [-0.2, 0) is 14.3 Å². The van der Waals surface area contributed by atoms with E-state index in [-0.39, 0.29) is 0 Å². The number of nitrogens with one attached hydrogen (secondary N) is 2. The Morgan fingerprint density at radius 3 is 1.94 bits per heavy atom. The molecule has 8 heteroatoms. The van der Waals surface area contributed by atoms with Gasteiger partial charge in [0.25, 0.3) is 5.91 Å². The molecule has 17 heavy (non-hydrogen) atoms. The SMILES string of the molecule is COC(=O)NC(=O)C(NC(=O)OC)C(C)(C)O. The molecular formula is C9H16N2O6. The first kappa shape index (κ1) is 15.2. The van der Waals surface area contributed by atoms with E-state index in [1.165, 1.54) is 13.8 Å². The maximum Gasteiger partial charge on any atom is 0.413 e. The summed E-state index contributed by atoms with van der Waals surface area (Å²) in [5, 5.41) is 13.6. The Bertz CT molecular complexity index is 309. The second-order valence-corrected chi connectivity index (χ2v) is 3.70. The fraction of sp³-hybridized carbons (Fsp3) is 0.667. The second kappa shape index (κ2) is 6.04. The highest BCUT2D eigenvalue weighted by atomic mass is 16.5. The minimum absolute atomic E-state index is 0.905. The molecular weight excluding hydrogens is 232 g/mol. The Morgan fingerprint density at radius 1 is 1.12 bits per heavy atom. The minimum Gasteiger partial charge on any atom is -0.453 e. The zero-order valence-corrected chi connectivity index (χ0v) is 10.1. The van der Waals surface area contributed by atoms with Gasteiger partial charge in [0.2, 0.25) is 0 Å². The molecule has 0 fully saturated rings. The standard InChI is InChI=1S/C9H16N2O6/c1-9(2,15)5(10-7(13)16-3)6(12)11-8(14)17-4/h5,15H,1-4H3,(H,10,13)(H,11,12,14). The molecule has 0 aromatic carbocycles. The van der Waals surface area contributed by atoms with Crippen LogP contribution in [0.3, 0.4) is 0 Å². The summed E-state index contributed by atoms with van der Waals surface area (Å²) >= 11 is 0. The van der Waals surface area contributed by atoms with Crippen molar-refractivity contribution in [3.63, 3.8) is 0 Å². The smallest absolute Gasteiger partial charge is 0.413 e. The van der Waals surface area contributed by atoms with Crippen molar-refractivity contribution in [1.82, 2.24) is 10.6 Å². The van der Waals surface area contributed by atoms with E-state index >= 15 is 0 Å². The van der Waals surface area contributed by atoms with Gasteiger partial charge in [-0.2, -0.15) is 0 Å². The number of amides is 3. The molecule has 1 unspecified atom stereocenters. The van der Waals surface area contributed by atoms with Gasteiger partial charge in [0.1, 0.15) is 6.04 Å². The molecule has 0 rings (SSSR count). The van der Waals surface area contributed by atoms with Crippen LogP contribution in [0.1, 0.15) is 13.8 Å². The van der Waals surface area contributed by atoms with Crippen molar-refractivity contribution in [2.24, 2.45) is 0 Å². The molecule has 0 aliphatic carbocycles. The minimum atomic E-state index is -1.58. The molecule has 3 N–H and O–H groups in total. The van der Waals surface area contributed by atoms with E-state index < -0.39 is 29.7 Å². The van der Waals surface area contributed by atoms with E-state index in [4.69, 9.17) is 0 Å². The summed E-state index contributed by atoms with van der Waals surface area (Å²) in [5.74, 6) is -0.908. The van der Waals surface area contributed by atoms with Crippen LogP contribution >= 0.6 is 0 Å². The van der Waals surface area contributed by atoms with E-state index in [0.29, 0.717) is 0 Å². The Hall–Kier alpha value is -1.83. The number of methoxy groups -OCH3 is 2. The summed E-state index contributed by atoms with van der Waals surface area (Å²) < 4.78 is 8.52. The zero-order chi connectivity index (χ0) is 13.6. The van der Waals surface area contributed by atoms with Crippen molar-refractivity contribution < 1.29 is 29.0 Å². The normalized spacial score (nSPS) is 12.3. The van der Waals surface area contributed by atoms with Gasteiger partial charge in [-0.25, -0.2) is 9.59 Å². The number of imide groups is 1. The molecule has 3 amide bonds. The third kappa shape index (κ3) is 5.16. The van der Waals surface area contributed by atoms with Crippen LogP contribution in [0, 0.1) is 0 Å². The Kier molecular flexibility index (Phi) is 5.39. The third-order valence-corrected chi connectivity index (χ3v) is 1.83. The number of hydrogen-bond donors (Lipinski definition) is 3. The first-order valence-corrected chi connectivity index (χ1v) is 4.68. The van der Waals surface area contributed by atoms with Gasteiger partial charge in [-0.3, -0.25) is 10.1 Å². The molecule has 0 bridgehead atoms. The van der Waals surface area contributed by atoms with Crippen LogP contribution in [0.2, 0.25) is 0 Å². The van der Waals surface area contributed by atoms with Crippen molar-refractivity contribution in [3.05, 3.63) is 0 Å². The van der Waals surface area contributed by atoms with Crippen LogP contribution in [0.25, 0.3) is 0 Å². The maximum atomic E-state index is 11.6. The van der Waals surface area contributed by atoms with Gasteiger partial charge < -0.3 is 19.9 Å². The number of hydrogen-bond acceptors (Lipinski definition) is 6. The van der Waals surface area contributed by atoms with Gasteiger partial charge in [-0.1, -0.05) is 0 Å². The highest BCUT2D eigenvalue weighted by Gasteiger charge is 2.36. The lowest BCUT2D eigenvalue weighted by atomic mass is 9.98. The predicted molar refractivity (Wildman–Crippen MR) is 56.2 cm³/mol. The average Bonchev–Trinajstić information content (AvgIpc) is 2.23. The summed E-state index contributed by atoms with van der Waals surface area (Å²) in [6.07, 6.45) is -1.90. The number of rotatable bonds is 3. The fourth-order valence-electron chi connectivity index (χ4n) is 0.964. The molecule has 0 aliphatic rings. The van der Waals surface area contributed by atoms with Crippen LogP contribution in [0.5, 0.6) is 0 Å². The Balaban J connectivity index is 4.75. The monoisotopic (exact) mass is 248 g/mol. The molecule has 0 aromatic rings. The quantitative estimate of drug-likeness (QED) is 0.612. The van der Waals surface area contributed by atoms with E-state index in [9.17, 15) is 19.5 Å². The Labute approximate surface area is 98.3 Å². The predicted octanol–water partition coefficient (Wildman–Crippen LogP) is -0.635. The number of carbonyl (C=O) groups is 3. The van der Waals surface area contributed by atoms with Crippen LogP contribution in [0.4, 0.5) is 9.59 Å². The van der Waals surface area contributed by atoms with Crippen molar-refractivity contribution in [3.8, 4) is 0 Å². The molecule has 0 spiro atoms. The van der Waals surface area contributed by atoms with Gasteiger partial charge in [-0.15, -0.1) is 0 Å². The first-order valence-electron chi connectivity index (χ1n) is 4.68. The van der Waals surface area contributed by atoms with Crippen LogP contribution in [-0.4, -0.2) is 49.1 Å². The largest absolute Gasteiger partial charge is 0.453 e. The lowest BCUT2D eigenvalue weighted by Crippen LogP contribution is -2.58. The van der Waals surface area contributed by atoms with Gasteiger partial charge in [-0.05, 0) is 13.8 Å². The molecule has 0 saturated carbocycles. The van der Waals surface area contributed by atoms with Crippen molar-refractivity contribution in [2.75, 3.05) is 14.2 Å². The van der Waals surface area contributed by atoms with E-state index in [0.717, 1.165) is 14.2 Å². The number of carbonyl (C=O) groups excluding carboxylic acids is 3. The summed E-state index contributed by atoms with van der Waals surface area (Å²) in [6.45, 7) is 2.59. The van der Waals surface area contributed by atoms with E-state index in [1.54, 1.807) is 0 Å². The van der Waals surface area contributed by atoms with Crippen LogP contribution in [0.15, 0.2) is 0 Å². The lowest BCUT2D eigenvalue weighted by molar-refractivity contribution is -0.127. The van der Waals surface area contributed by atoms with Crippen molar-refractivity contribution >= 4 is 18.1 Å². The molecule has 0 saturated heterocycles. The highest BCUT2D eigenvalue weighted by molar-refractivity contribution is 5.96. The van der Waals surface area contributed by atoms with E-state index in [1.807, 2.05) is 5.32 Å². The zero-order valence-electron chi connectivity index (χ0n) is 10.1. The second-order valence-electron chi connectivity index (χ2n) is 3.70. The number of aliphatic hydroxyl groups is 1. The van der Waals surface area contributed by atoms with Gasteiger partial charge >= 0.3 is 12.2 Å². The number of alkyl carbamates (subject to hydrolysis) is 2. The fourth-order valence-corrected chi connectivity index (χ4v) is 0.964. The summed E-state index contributed by atoms with van der Waals surface area (Å²) in [7, 11) is 2.18. The van der Waals surface area contributed by atoms with Gasteiger partial charge in [0, 0.05) is 0 Å².